The van der Waals surface area contributed by atoms with Crippen LogP contribution in [0.1, 0.15) is 88.7 Å². The summed E-state index contributed by atoms with van der Waals surface area (Å²) in [4.78, 5) is 20.0. The second-order valence-electron chi connectivity index (χ2n) is 24.0. The summed E-state index contributed by atoms with van der Waals surface area (Å²) in [6.07, 6.45) is 3.65. The fourth-order valence-corrected chi connectivity index (χ4v) is 22.3. The number of benzene rings is 6. The van der Waals surface area contributed by atoms with Crippen LogP contribution in [-0.2, 0) is 14.6 Å². The van der Waals surface area contributed by atoms with Crippen LogP contribution in [0, 0.1) is 0 Å². The number of guanidine groups is 2. The molecule has 5 N–H and O–H groups in total. The van der Waals surface area contributed by atoms with Gasteiger partial charge in [-0.25, -0.2) is 0 Å². The second-order valence-corrected chi connectivity index (χ2v) is 33.7. The normalized spacial score (nSPS) is 19.9. The molecule has 6 aromatic carbocycles. The Hall–Kier alpha value is -6.50. The van der Waals surface area contributed by atoms with Crippen molar-refractivity contribution in [1.82, 2.24) is 26.6 Å². The number of rotatable bonds is 19. The maximum atomic E-state index is 14.2. The SMILES string of the molecule is CC(C)(C)[Si](OCC1CC[N+]2=C(NC(CN=C([O-])c3cc(CSc4ccccc4)cc(C(=O)NCC4CC[N+]5=C(N4)NC(CO[Si](c4ccccc4)(c4ccccc4)C(C)(C)C)CC5)c3)CC2)N1)(c1ccccc1)c1ccccc1. The minimum atomic E-state index is -2.71. The Morgan fingerprint density at radius 1 is 0.562 bits per heavy atom. The van der Waals surface area contributed by atoms with Crippen LogP contribution >= 0.6 is 11.8 Å². The molecule has 4 aliphatic heterocycles. The van der Waals surface area contributed by atoms with E-state index < -0.39 is 16.6 Å². The zero-order chi connectivity index (χ0) is 55.7. The first-order chi connectivity index (χ1) is 38.7. The second kappa shape index (κ2) is 25.1. The largest absolute Gasteiger partial charge is 0.858 e. The Balaban J connectivity index is 0.779. The van der Waals surface area contributed by atoms with E-state index in [-0.39, 0.29) is 46.0 Å². The number of nitrogens with zero attached hydrogens (tertiary/aromatic N) is 3. The van der Waals surface area contributed by atoms with Crippen molar-refractivity contribution in [2.75, 3.05) is 52.5 Å². The van der Waals surface area contributed by atoms with E-state index in [1.807, 2.05) is 30.3 Å². The van der Waals surface area contributed by atoms with Crippen molar-refractivity contribution in [3.8, 4) is 0 Å². The van der Waals surface area contributed by atoms with E-state index in [2.05, 4.69) is 216 Å². The predicted octanol–water partition coefficient (Wildman–Crippen LogP) is 6.15. The zero-order valence-electron chi connectivity index (χ0n) is 47.6. The maximum Gasteiger partial charge on any atom is 0.346 e. The summed E-state index contributed by atoms with van der Waals surface area (Å²) in [6.45, 7) is 19.4. The monoisotopic (exact) mass is 1130 g/mol. The first-order valence-electron chi connectivity index (χ1n) is 28.8. The Morgan fingerprint density at radius 3 is 1.40 bits per heavy atom. The van der Waals surface area contributed by atoms with E-state index >= 15 is 0 Å². The van der Waals surface area contributed by atoms with Gasteiger partial charge in [-0.2, -0.15) is 0 Å². The summed E-state index contributed by atoms with van der Waals surface area (Å²) in [5.74, 6) is 2.03. The number of hydrogen-bond donors (Lipinski definition) is 5. The molecule has 10 rings (SSSR count). The van der Waals surface area contributed by atoms with Gasteiger partial charge in [0, 0.05) is 41.9 Å². The molecule has 0 bridgehead atoms. The Morgan fingerprint density at radius 2 is 0.950 bits per heavy atom. The molecule has 0 aliphatic carbocycles. The molecule has 15 heteroatoms. The maximum absolute atomic E-state index is 14.2. The fraction of sp³-hybridized carbons (Fsp3) is 0.385. The van der Waals surface area contributed by atoms with Crippen molar-refractivity contribution >= 4 is 72.9 Å². The first-order valence-corrected chi connectivity index (χ1v) is 33.6. The van der Waals surface area contributed by atoms with Gasteiger partial charge in [-0.15, -0.1) is 11.8 Å². The Bertz CT molecular complexity index is 3060. The van der Waals surface area contributed by atoms with Gasteiger partial charge in [0.05, 0.1) is 76.6 Å². The summed E-state index contributed by atoms with van der Waals surface area (Å²) in [5, 5.41) is 37.3. The van der Waals surface area contributed by atoms with Crippen LogP contribution < -0.4 is 52.4 Å². The smallest absolute Gasteiger partial charge is 0.346 e. The number of amides is 1. The highest BCUT2D eigenvalue weighted by atomic mass is 32.2. The van der Waals surface area contributed by atoms with Gasteiger partial charge in [-0.3, -0.25) is 40.2 Å². The quantitative estimate of drug-likeness (QED) is 0.0213. The average Bonchev–Trinajstić information content (AvgIpc) is 3.54. The average molecular weight is 1130 g/mol. The first kappa shape index (κ1) is 56.8. The van der Waals surface area contributed by atoms with E-state index in [9.17, 15) is 9.90 Å². The predicted molar refractivity (Wildman–Crippen MR) is 329 cm³/mol. The lowest BCUT2D eigenvalue weighted by atomic mass is 10.0. The minimum absolute atomic E-state index is 0.0164. The third-order valence-corrected chi connectivity index (χ3v) is 27.5. The summed E-state index contributed by atoms with van der Waals surface area (Å²) in [7, 11) is -5.41. The molecule has 0 aromatic heterocycles. The molecule has 12 nitrogen and oxygen atoms in total. The standard InChI is InChI=1S/C65H80N8O4SSi2/c1-64(2,3)79(56-24-14-8-15-25-56,57-26-16-9-17-27-57)76-45-53-34-38-72-36-32-51(68-62(72)70-53)43-66-60(74)49-40-48(47-78-55-22-12-7-13-23-55)41-50(42-49)61(75)67-44-52-33-37-73-39-35-54(71-63(73)69-52)46-77-80(65(4,5)6,58-28-18-10-19-29-58)59-30-20-11-21-31-59/h7-31,40-42,51-54H,32-39,43-47H2,1-6H3,(H4,66,67,68,69,70,71,74,75)/p+1. The number of aliphatic imine (C=N–C) groups is 1. The van der Waals surface area contributed by atoms with E-state index in [4.69, 9.17) is 8.85 Å². The number of carbonyl (C=O) groups excluding carboxylic acids is 1. The highest BCUT2D eigenvalue weighted by Gasteiger charge is 2.52. The number of nitrogens with one attached hydrogen (secondary N) is 5. The summed E-state index contributed by atoms with van der Waals surface area (Å²) < 4.78 is 19.4. The van der Waals surface area contributed by atoms with Crippen LogP contribution in [0.15, 0.2) is 180 Å². The number of hydrogen-bond acceptors (Lipinski definition) is 10. The molecule has 4 heterocycles. The molecule has 0 spiro atoms. The van der Waals surface area contributed by atoms with Gasteiger partial charge in [0.15, 0.2) is 0 Å². The molecule has 1 amide bonds. The molecule has 0 saturated carbocycles. The lowest BCUT2D eigenvalue weighted by molar-refractivity contribution is -0.542. The van der Waals surface area contributed by atoms with Crippen LogP contribution in [0.3, 0.4) is 0 Å². The van der Waals surface area contributed by atoms with Gasteiger partial charge in [0.1, 0.15) is 0 Å². The zero-order valence-corrected chi connectivity index (χ0v) is 50.4. The van der Waals surface area contributed by atoms with Crippen molar-refractivity contribution < 1.29 is 27.9 Å². The van der Waals surface area contributed by atoms with E-state index in [1.165, 1.54) is 20.7 Å². The summed E-state index contributed by atoms with van der Waals surface area (Å²) in [5.41, 5.74) is 1.77. The highest BCUT2D eigenvalue weighted by molar-refractivity contribution is 7.98. The molecule has 4 atom stereocenters. The molecule has 418 valence electrons. The third-order valence-electron chi connectivity index (χ3n) is 16.4. The molecular weight excluding hydrogens is 1050 g/mol. The van der Waals surface area contributed by atoms with Crippen LogP contribution in [0.4, 0.5) is 0 Å². The molecule has 80 heavy (non-hydrogen) atoms. The number of carbonyl (C=O) groups is 1. The fourth-order valence-electron chi connectivity index (χ4n) is 12.3. The topological polar surface area (TPSA) is 137 Å². The summed E-state index contributed by atoms with van der Waals surface area (Å²) in [6, 6.07) is 59.2. The van der Waals surface area contributed by atoms with Crippen molar-refractivity contribution in [3.63, 3.8) is 0 Å². The van der Waals surface area contributed by atoms with Gasteiger partial charge in [0.2, 0.25) is 0 Å². The highest BCUT2D eigenvalue weighted by Crippen LogP contribution is 2.38. The van der Waals surface area contributed by atoms with Gasteiger partial charge in [-0.1, -0.05) is 181 Å². The molecule has 0 fully saturated rings. The molecule has 0 saturated heterocycles. The van der Waals surface area contributed by atoms with Crippen LogP contribution in [0.2, 0.25) is 10.1 Å². The van der Waals surface area contributed by atoms with Crippen LogP contribution in [0.25, 0.3) is 0 Å². The van der Waals surface area contributed by atoms with E-state index in [0.717, 1.165) is 74.2 Å². The van der Waals surface area contributed by atoms with Crippen molar-refractivity contribution in [2.24, 2.45) is 4.99 Å². The Labute approximate surface area is 480 Å². The molecule has 4 aliphatic rings. The minimum Gasteiger partial charge on any atom is -0.858 e. The molecule has 4 unspecified atom stereocenters. The van der Waals surface area contributed by atoms with E-state index in [0.29, 0.717) is 43.2 Å². The van der Waals surface area contributed by atoms with Gasteiger partial charge in [0.25, 0.3) is 22.5 Å². The lowest BCUT2D eigenvalue weighted by Gasteiger charge is -2.44. The van der Waals surface area contributed by atoms with Crippen molar-refractivity contribution in [2.45, 2.75) is 112 Å². The molecule has 6 aromatic rings. The van der Waals surface area contributed by atoms with Crippen molar-refractivity contribution in [3.05, 3.63) is 187 Å². The van der Waals surface area contributed by atoms with Gasteiger partial charge >= 0.3 is 11.9 Å². The van der Waals surface area contributed by atoms with Crippen molar-refractivity contribution in [1.29, 1.82) is 0 Å². The van der Waals surface area contributed by atoms with Gasteiger partial charge in [-0.05, 0) is 78.2 Å². The third kappa shape index (κ3) is 12.8. The number of thioether (sulfide) groups is 1. The summed E-state index contributed by atoms with van der Waals surface area (Å²) >= 11 is 1.68. The van der Waals surface area contributed by atoms with Crippen LogP contribution in [0.5, 0.6) is 0 Å². The molecule has 0 radical (unpaired) electrons. The molecular formula is C65H81N8O4SSi2+. The Kier molecular flexibility index (Phi) is 17.8. The van der Waals surface area contributed by atoms with Gasteiger partial charge < -0.3 is 19.3 Å². The lowest BCUT2D eigenvalue weighted by Crippen LogP contribution is -2.68. The van der Waals surface area contributed by atoms with Crippen LogP contribution in [-0.4, -0.2) is 126 Å². The van der Waals surface area contributed by atoms with E-state index in [1.54, 1.807) is 17.8 Å².